The molecule has 7 heteroatoms. The first-order chi connectivity index (χ1) is 13.0. The summed E-state index contributed by atoms with van der Waals surface area (Å²) in [4.78, 5) is 27.9. The van der Waals surface area contributed by atoms with Gasteiger partial charge in [-0.2, -0.15) is 0 Å². The Morgan fingerprint density at radius 3 is 2.74 bits per heavy atom. The van der Waals surface area contributed by atoms with Crippen molar-refractivity contribution < 1.29 is 23.8 Å². The van der Waals surface area contributed by atoms with Crippen molar-refractivity contribution >= 4 is 35.5 Å². The van der Waals surface area contributed by atoms with E-state index in [1.807, 2.05) is 0 Å². The number of carbonyl (C=O) groups excluding carboxylic acids is 2. The summed E-state index contributed by atoms with van der Waals surface area (Å²) >= 11 is 5.96. The number of methoxy groups -OCH3 is 1. The van der Waals surface area contributed by atoms with Gasteiger partial charge < -0.3 is 14.2 Å². The average Bonchev–Trinajstić information content (AvgIpc) is 3.02. The van der Waals surface area contributed by atoms with Crippen molar-refractivity contribution in [3.8, 4) is 11.5 Å². The smallest absolute Gasteiger partial charge is 0.363 e. The summed E-state index contributed by atoms with van der Waals surface area (Å²) in [5.74, 6) is -0.104. The van der Waals surface area contributed by atoms with E-state index in [2.05, 4.69) is 4.99 Å². The van der Waals surface area contributed by atoms with Crippen LogP contribution >= 0.6 is 11.6 Å². The van der Waals surface area contributed by atoms with Gasteiger partial charge in [0.15, 0.2) is 17.2 Å². The topological polar surface area (TPSA) is 74.2 Å². The third-order valence-corrected chi connectivity index (χ3v) is 3.93. The Morgan fingerprint density at radius 1 is 1.22 bits per heavy atom. The Bertz CT molecular complexity index is 965. The molecule has 0 fully saturated rings. The van der Waals surface area contributed by atoms with Crippen LogP contribution in [-0.4, -0.2) is 24.9 Å². The molecule has 138 valence electrons. The molecule has 0 unspecified atom stereocenters. The lowest BCUT2D eigenvalue weighted by molar-refractivity contribution is -0.134. The molecule has 27 heavy (non-hydrogen) atoms. The number of carbonyl (C=O) groups is 2. The molecule has 1 aliphatic rings. The molecule has 0 N–H and O–H groups in total. The first-order valence-electron chi connectivity index (χ1n) is 8.17. The summed E-state index contributed by atoms with van der Waals surface area (Å²) in [7, 11) is 1.48. The van der Waals surface area contributed by atoms with Crippen LogP contribution in [0.1, 0.15) is 24.5 Å². The summed E-state index contributed by atoms with van der Waals surface area (Å²) in [6.45, 7) is 1.70. The van der Waals surface area contributed by atoms with Crippen molar-refractivity contribution in [1.82, 2.24) is 0 Å². The van der Waals surface area contributed by atoms with Crippen molar-refractivity contribution in [3.63, 3.8) is 0 Å². The van der Waals surface area contributed by atoms with Gasteiger partial charge in [0.2, 0.25) is 5.90 Å². The Morgan fingerprint density at radius 2 is 2.04 bits per heavy atom. The number of nitrogens with zero attached hydrogens (tertiary/aromatic N) is 1. The number of aliphatic imine (C=N–C) groups is 1. The quantitative estimate of drug-likeness (QED) is 0.441. The zero-order valence-corrected chi connectivity index (χ0v) is 15.4. The lowest BCUT2D eigenvalue weighted by Gasteiger charge is -2.09. The minimum Gasteiger partial charge on any atom is -0.493 e. The van der Waals surface area contributed by atoms with E-state index in [1.165, 1.54) is 7.11 Å². The minimum atomic E-state index is -0.576. The first-order valence-corrected chi connectivity index (χ1v) is 8.55. The molecule has 0 aliphatic carbocycles. The fraction of sp³-hybridized carbons (Fsp3) is 0.150. The van der Waals surface area contributed by atoms with Crippen molar-refractivity contribution in [1.29, 1.82) is 0 Å². The maximum absolute atomic E-state index is 12.1. The van der Waals surface area contributed by atoms with Gasteiger partial charge in [0, 0.05) is 17.0 Å². The molecule has 0 saturated heterocycles. The van der Waals surface area contributed by atoms with E-state index in [9.17, 15) is 9.59 Å². The number of halogens is 1. The molecule has 0 saturated carbocycles. The van der Waals surface area contributed by atoms with Crippen LogP contribution in [-0.2, 0) is 14.3 Å². The predicted molar refractivity (Wildman–Crippen MR) is 101 cm³/mol. The lowest BCUT2D eigenvalue weighted by atomic mass is 10.1. The second kappa shape index (κ2) is 8.05. The first kappa shape index (κ1) is 18.7. The van der Waals surface area contributed by atoms with Gasteiger partial charge in [-0.15, -0.1) is 0 Å². The number of benzene rings is 2. The van der Waals surface area contributed by atoms with Crippen LogP contribution < -0.4 is 9.47 Å². The Labute approximate surface area is 161 Å². The number of cyclic esters (lactones) is 1. The lowest BCUT2D eigenvalue weighted by Crippen LogP contribution is -2.07. The molecule has 1 aliphatic heterocycles. The number of ether oxygens (including phenoxy) is 3. The molecule has 1 heterocycles. The van der Waals surface area contributed by atoms with Gasteiger partial charge in [0.1, 0.15) is 0 Å². The Hall–Kier alpha value is -3.12. The van der Waals surface area contributed by atoms with Crippen LogP contribution in [0.25, 0.3) is 6.08 Å². The minimum absolute atomic E-state index is 0.128. The van der Waals surface area contributed by atoms with E-state index in [-0.39, 0.29) is 29.7 Å². The standard InChI is InChI=1S/C20H16ClNO5/c1-3-18(23)26-17-10-12(7-8-16(17)25-2)9-15-20(24)27-19(22-15)13-5-4-6-14(21)11-13/h4-11H,3H2,1-2H3. The van der Waals surface area contributed by atoms with Crippen LogP contribution in [0.2, 0.25) is 5.02 Å². The largest absolute Gasteiger partial charge is 0.493 e. The zero-order chi connectivity index (χ0) is 19.4. The number of esters is 2. The number of rotatable bonds is 5. The predicted octanol–water partition coefficient (Wildman–Crippen LogP) is 4.01. The summed E-state index contributed by atoms with van der Waals surface area (Å²) in [5, 5.41) is 0.515. The van der Waals surface area contributed by atoms with Gasteiger partial charge >= 0.3 is 11.9 Å². The molecule has 0 spiro atoms. The Kier molecular flexibility index (Phi) is 5.57. The SMILES string of the molecule is CCC(=O)Oc1cc(C=C2N=C(c3cccc(Cl)c3)OC2=O)ccc1OC. The van der Waals surface area contributed by atoms with E-state index in [4.69, 9.17) is 25.8 Å². The maximum Gasteiger partial charge on any atom is 0.363 e. The average molecular weight is 386 g/mol. The molecule has 0 amide bonds. The molecule has 2 aromatic rings. The van der Waals surface area contributed by atoms with Crippen LogP contribution in [0.4, 0.5) is 0 Å². The fourth-order valence-corrected chi connectivity index (χ4v) is 2.56. The van der Waals surface area contributed by atoms with Crippen LogP contribution in [0.15, 0.2) is 53.2 Å². The van der Waals surface area contributed by atoms with E-state index >= 15 is 0 Å². The highest BCUT2D eigenvalue weighted by molar-refractivity contribution is 6.31. The summed E-state index contributed by atoms with van der Waals surface area (Å²) in [6, 6.07) is 11.8. The molecular weight excluding hydrogens is 370 g/mol. The molecule has 2 aromatic carbocycles. The molecular formula is C20H16ClNO5. The van der Waals surface area contributed by atoms with Gasteiger partial charge in [0.25, 0.3) is 0 Å². The zero-order valence-electron chi connectivity index (χ0n) is 14.7. The highest BCUT2D eigenvalue weighted by Crippen LogP contribution is 2.30. The summed E-state index contributed by atoms with van der Waals surface area (Å²) in [5.41, 5.74) is 1.34. The van der Waals surface area contributed by atoms with Crippen LogP contribution in [0.3, 0.4) is 0 Å². The molecule has 0 radical (unpaired) electrons. The number of hydrogen-bond donors (Lipinski definition) is 0. The molecule has 0 atom stereocenters. The van der Waals surface area contributed by atoms with Gasteiger partial charge in [-0.3, -0.25) is 4.79 Å². The fourth-order valence-electron chi connectivity index (χ4n) is 2.37. The van der Waals surface area contributed by atoms with E-state index < -0.39 is 5.97 Å². The number of hydrogen-bond acceptors (Lipinski definition) is 6. The normalized spacial score (nSPS) is 14.7. The highest BCUT2D eigenvalue weighted by atomic mass is 35.5. The molecule has 0 bridgehead atoms. The van der Waals surface area contributed by atoms with E-state index in [0.29, 0.717) is 21.9 Å². The van der Waals surface area contributed by atoms with Gasteiger partial charge in [-0.25, -0.2) is 9.79 Å². The van der Waals surface area contributed by atoms with E-state index in [0.717, 1.165) is 0 Å². The maximum atomic E-state index is 12.1. The van der Waals surface area contributed by atoms with Crippen molar-refractivity contribution in [2.24, 2.45) is 4.99 Å². The second-order valence-corrected chi connectivity index (χ2v) is 6.02. The van der Waals surface area contributed by atoms with Crippen LogP contribution in [0.5, 0.6) is 11.5 Å². The Balaban J connectivity index is 1.92. The van der Waals surface area contributed by atoms with Crippen molar-refractivity contribution in [2.45, 2.75) is 13.3 Å². The summed E-state index contributed by atoms with van der Waals surface area (Å²) < 4.78 is 15.7. The molecule has 3 rings (SSSR count). The van der Waals surface area contributed by atoms with Gasteiger partial charge in [-0.05, 0) is 42.0 Å². The third-order valence-electron chi connectivity index (χ3n) is 3.70. The molecule has 0 aromatic heterocycles. The van der Waals surface area contributed by atoms with Gasteiger partial charge in [0.05, 0.1) is 7.11 Å². The second-order valence-electron chi connectivity index (χ2n) is 5.58. The van der Waals surface area contributed by atoms with Crippen LogP contribution in [0, 0.1) is 0 Å². The van der Waals surface area contributed by atoms with Crippen molar-refractivity contribution in [2.75, 3.05) is 7.11 Å². The highest BCUT2D eigenvalue weighted by Gasteiger charge is 2.24. The monoisotopic (exact) mass is 385 g/mol. The third kappa shape index (κ3) is 4.35. The van der Waals surface area contributed by atoms with Gasteiger partial charge in [-0.1, -0.05) is 30.7 Å². The molecule has 6 nitrogen and oxygen atoms in total. The van der Waals surface area contributed by atoms with E-state index in [1.54, 1.807) is 55.5 Å². The summed E-state index contributed by atoms with van der Waals surface area (Å²) in [6.07, 6.45) is 1.77. The van der Waals surface area contributed by atoms with Crippen molar-refractivity contribution in [3.05, 3.63) is 64.3 Å².